The van der Waals surface area contributed by atoms with E-state index in [0.717, 1.165) is 31.8 Å². The monoisotopic (exact) mass is 308 g/mol. The largest absolute Gasteiger partial charge is 0.463 e. The summed E-state index contributed by atoms with van der Waals surface area (Å²) < 4.78 is 7.73. The van der Waals surface area contributed by atoms with Crippen LogP contribution < -0.4 is 11.2 Å². The molecule has 0 aliphatic carbocycles. The Labute approximate surface area is 130 Å². The van der Waals surface area contributed by atoms with Crippen LogP contribution in [0.4, 0.5) is 0 Å². The number of aromatic nitrogens is 2. The molecule has 1 rings (SSSR count). The van der Waals surface area contributed by atoms with E-state index >= 15 is 0 Å². The molecule has 22 heavy (non-hydrogen) atoms. The summed E-state index contributed by atoms with van der Waals surface area (Å²) in [6.45, 7) is 8.20. The number of nitrogens with zero attached hydrogens (tertiary/aromatic N) is 2. The summed E-state index contributed by atoms with van der Waals surface area (Å²) in [4.78, 5) is 34.7. The van der Waals surface area contributed by atoms with Crippen LogP contribution in [-0.4, -0.2) is 21.7 Å². The number of carbonyl (C=O) groups excluding carboxylic acids is 1. The van der Waals surface area contributed by atoms with Gasteiger partial charge in [-0.3, -0.25) is 9.36 Å². The van der Waals surface area contributed by atoms with Crippen LogP contribution in [0.15, 0.2) is 28.4 Å². The molecule has 1 aromatic rings. The Kier molecular flexibility index (Phi) is 7.36. The zero-order valence-electron chi connectivity index (χ0n) is 13.3. The fourth-order valence-corrected chi connectivity index (χ4v) is 2.21. The second-order valence-corrected chi connectivity index (χ2v) is 5.12. The van der Waals surface area contributed by atoms with Crippen LogP contribution in [0, 0.1) is 6.92 Å². The molecule has 6 heteroatoms. The molecule has 0 amide bonds. The van der Waals surface area contributed by atoms with Gasteiger partial charge in [-0.15, -0.1) is 0 Å². The summed E-state index contributed by atoms with van der Waals surface area (Å²) in [6.07, 6.45) is 6.27. The molecule has 0 aliphatic rings. The third kappa shape index (κ3) is 5.02. The predicted octanol–water partition coefficient (Wildman–Crippen LogP) is 1.63. The Hall–Kier alpha value is -2.11. The first kappa shape index (κ1) is 17.9. The Balaban J connectivity index is 2.42. The minimum atomic E-state index is -0.399. The maximum atomic E-state index is 12.1. The van der Waals surface area contributed by atoms with Gasteiger partial charge in [-0.05, 0) is 33.1 Å². The molecule has 1 aromatic heterocycles. The quantitative estimate of drug-likeness (QED) is 0.395. The van der Waals surface area contributed by atoms with Gasteiger partial charge in [0, 0.05) is 30.9 Å². The number of carbonyl (C=O) groups is 1. The normalized spacial score (nSPS) is 10.5. The SMILES string of the molecule is C=CC(=O)OCCCCCCn1cc(C)c(=O)n(CC)c1=O. The third-order valence-electron chi connectivity index (χ3n) is 3.43. The van der Waals surface area contributed by atoms with E-state index in [1.54, 1.807) is 24.6 Å². The van der Waals surface area contributed by atoms with Crippen LogP contribution in [0.3, 0.4) is 0 Å². The lowest BCUT2D eigenvalue weighted by molar-refractivity contribution is -0.137. The second kappa shape index (κ2) is 9.02. The fraction of sp³-hybridized carbons (Fsp3) is 0.562. The molecule has 0 saturated carbocycles. The highest BCUT2D eigenvalue weighted by Gasteiger charge is 2.06. The Morgan fingerprint density at radius 2 is 1.95 bits per heavy atom. The van der Waals surface area contributed by atoms with Gasteiger partial charge >= 0.3 is 11.7 Å². The van der Waals surface area contributed by atoms with Crippen molar-refractivity contribution in [2.45, 2.75) is 52.6 Å². The summed E-state index contributed by atoms with van der Waals surface area (Å²) in [5.74, 6) is -0.399. The van der Waals surface area contributed by atoms with E-state index in [1.807, 2.05) is 0 Å². The van der Waals surface area contributed by atoms with Crippen molar-refractivity contribution in [2.75, 3.05) is 6.61 Å². The van der Waals surface area contributed by atoms with Gasteiger partial charge in [-0.2, -0.15) is 0 Å². The molecular formula is C16H24N2O4. The maximum Gasteiger partial charge on any atom is 0.330 e. The third-order valence-corrected chi connectivity index (χ3v) is 3.43. The Morgan fingerprint density at radius 1 is 1.27 bits per heavy atom. The molecule has 0 saturated heterocycles. The molecule has 0 fully saturated rings. The van der Waals surface area contributed by atoms with Gasteiger partial charge in [0.1, 0.15) is 0 Å². The first-order chi connectivity index (χ1) is 10.5. The summed E-state index contributed by atoms with van der Waals surface area (Å²) in [7, 11) is 0. The molecule has 122 valence electrons. The van der Waals surface area contributed by atoms with Gasteiger partial charge in [0.25, 0.3) is 5.56 Å². The van der Waals surface area contributed by atoms with Gasteiger partial charge in [-0.25, -0.2) is 9.59 Å². The van der Waals surface area contributed by atoms with Crippen LogP contribution in [-0.2, 0) is 22.6 Å². The highest BCUT2D eigenvalue weighted by molar-refractivity contribution is 5.81. The Morgan fingerprint density at radius 3 is 2.59 bits per heavy atom. The van der Waals surface area contributed by atoms with Gasteiger partial charge < -0.3 is 9.30 Å². The fourth-order valence-electron chi connectivity index (χ4n) is 2.21. The number of hydrogen-bond acceptors (Lipinski definition) is 4. The van der Waals surface area contributed by atoms with Crippen molar-refractivity contribution in [3.8, 4) is 0 Å². The number of unbranched alkanes of at least 4 members (excludes halogenated alkanes) is 3. The molecule has 0 aliphatic heterocycles. The highest BCUT2D eigenvalue weighted by atomic mass is 16.5. The van der Waals surface area contributed by atoms with Gasteiger partial charge in [0.2, 0.25) is 0 Å². The van der Waals surface area contributed by atoms with E-state index in [-0.39, 0.29) is 11.2 Å². The molecule has 0 N–H and O–H groups in total. The first-order valence-corrected chi connectivity index (χ1v) is 7.61. The Bertz CT molecular complexity index is 628. The topological polar surface area (TPSA) is 70.3 Å². The maximum absolute atomic E-state index is 12.1. The van der Waals surface area contributed by atoms with E-state index in [0.29, 0.717) is 25.3 Å². The number of hydrogen-bond donors (Lipinski definition) is 0. The van der Waals surface area contributed by atoms with Gasteiger partial charge in [0.15, 0.2) is 0 Å². The van der Waals surface area contributed by atoms with Crippen molar-refractivity contribution < 1.29 is 9.53 Å². The van der Waals surface area contributed by atoms with Crippen molar-refractivity contribution in [3.63, 3.8) is 0 Å². The molecule has 0 atom stereocenters. The number of ether oxygens (including phenoxy) is 1. The second-order valence-electron chi connectivity index (χ2n) is 5.12. The number of aryl methyl sites for hydroxylation is 2. The van der Waals surface area contributed by atoms with Crippen LogP contribution in [0.1, 0.15) is 38.2 Å². The first-order valence-electron chi connectivity index (χ1n) is 7.61. The van der Waals surface area contributed by atoms with Crippen LogP contribution in [0.5, 0.6) is 0 Å². The standard InChI is InChI=1S/C16H24N2O4/c1-4-14(19)22-11-9-7-6-8-10-17-12-13(3)15(20)18(5-2)16(17)21/h4,12H,1,5-11H2,2-3H3. The molecule has 6 nitrogen and oxygen atoms in total. The van der Waals surface area contributed by atoms with E-state index in [9.17, 15) is 14.4 Å². The number of rotatable bonds is 9. The van der Waals surface area contributed by atoms with Crippen LogP contribution >= 0.6 is 0 Å². The number of esters is 1. The highest BCUT2D eigenvalue weighted by Crippen LogP contribution is 2.02. The van der Waals surface area contributed by atoms with E-state index in [1.165, 1.54) is 4.57 Å². The van der Waals surface area contributed by atoms with Crippen LogP contribution in [0.2, 0.25) is 0 Å². The van der Waals surface area contributed by atoms with Crippen molar-refractivity contribution in [3.05, 3.63) is 45.3 Å². The van der Waals surface area contributed by atoms with Gasteiger partial charge in [0.05, 0.1) is 6.61 Å². The molecule has 1 heterocycles. The molecule has 0 radical (unpaired) electrons. The molecular weight excluding hydrogens is 284 g/mol. The van der Waals surface area contributed by atoms with Gasteiger partial charge in [-0.1, -0.05) is 13.0 Å². The minimum Gasteiger partial charge on any atom is -0.463 e. The molecule has 0 aromatic carbocycles. The molecule has 0 spiro atoms. The average molecular weight is 308 g/mol. The van der Waals surface area contributed by atoms with Crippen molar-refractivity contribution in [1.82, 2.24) is 9.13 Å². The lowest BCUT2D eigenvalue weighted by Crippen LogP contribution is -2.40. The van der Waals surface area contributed by atoms with Crippen molar-refractivity contribution in [1.29, 1.82) is 0 Å². The van der Waals surface area contributed by atoms with Crippen molar-refractivity contribution >= 4 is 5.97 Å². The molecule has 0 unspecified atom stereocenters. The summed E-state index contributed by atoms with van der Waals surface area (Å²) in [6, 6.07) is 0. The zero-order chi connectivity index (χ0) is 16.5. The average Bonchev–Trinajstić information content (AvgIpc) is 2.51. The van der Waals surface area contributed by atoms with E-state index in [2.05, 4.69) is 6.58 Å². The minimum absolute atomic E-state index is 0.215. The van der Waals surface area contributed by atoms with E-state index in [4.69, 9.17) is 4.74 Å². The zero-order valence-corrected chi connectivity index (χ0v) is 13.3. The lowest BCUT2D eigenvalue weighted by atomic mass is 10.2. The summed E-state index contributed by atoms with van der Waals surface area (Å²) >= 11 is 0. The molecule has 0 bridgehead atoms. The van der Waals surface area contributed by atoms with Crippen molar-refractivity contribution in [2.24, 2.45) is 0 Å². The smallest absolute Gasteiger partial charge is 0.330 e. The lowest BCUT2D eigenvalue weighted by Gasteiger charge is -2.10. The van der Waals surface area contributed by atoms with Crippen LogP contribution in [0.25, 0.3) is 0 Å². The summed E-state index contributed by atoms with van der Waals surface area (Å²) in [5.41, 5.74) is 0.114. The summed E-state index contributed by atoms with van der Waals surface area (Å²) in [5, 5.41) is 0. The van der Waals surface area contributed by atoms with E-state index < -0.39 is 5.97 Å². The predicted molar refractivity (Wildman–Crippen MR) is 85.0 cm³/mol.